The molecule has 1 N–H and O–H groups in total. The van der Waals surface area contributed by atoms with Gasteiger partial charge in [-0.05, 0) is 36.6 Å². The van der Waals surface area contributed by atoms with Gasteiger partial charge in [0, 0.05) is 23.7 Å². The Hall–Kier alpha value is -2.33. The van der Waals surface area contributed by atoms with Crippen molar-refractivity contribution in [3.63, 3.8) is 0 Å². The molecule has 2 aromatic carbocycles. The van der Waals surface area contributed by atoms with Crippen molar-refractivity contribution in [1.82, 2.24) is 10.2 Å². The monoisotopic (exact) mass is 342 g/mol. The summed E-state index contributed by atoms with van der Waals surface area (Å²) in [6.45, 7) is 1.49. The zero-order valence-corrected chi connectivity index (χ0v) is 14.0. The summed E-state index contributed by atoms with van der Waals surface area (Å²) < 4.78 is 0. The molecule has 0 aliphatic carbocycles. The summed E-state index contributed by atoms with van der Waals surface area (Å²) in [5.41, 5.74) is 1.22. The van der Waals surface area contributed by atoms with E-state index in [1.54, 1.807) is 24.3 Å². The maximum atomic E-state index is 12.9. The largest absolute Gasteiger partial charge is 0.341 e. The van der Waals surface area contributed by atoms with Crippen LogP contribution in [0.15, 0.2) is 54.6 Å². The van der Waals surface area contributed by atoms with E-state index in [-0.39, 0.29) is 11.8 Å². The summed E-state index contributed by atoms with van der Waals surface area (Å²) in [5, 5.41) is 3.36. The van der Waals surface area contributed by atoms with Crippen LogP contribution in [0.2, 0.25) is 5.02 Å². The van der Waals surface area contributed by atoms with Crippen LogP contribution in [0.3, 0.4) is 0 Å². The van der Waals surface area contributed by atoms with Crippen LogP contribution in [-0.2, 0) is 4.79 Å². The lowest BCUT2D eigenvalue weighted by atomic mass is 10.0. The lowest BCUT2D eigenvalue weighted by Gasteiger charge is -2.24. The first kappa shape index (κ1) is 16.5. The Kier molecular flexibility index (Phi) is 5.16. The summed E-state index contributed by atoms with van der Waals surface area (Å²) >= 11 is 5.95. The zero-order valence-electron chi connectivity index (χ0n) is 13.2. The maximum absolute atomic E-state index is 12.9. The van der Waals surface area contributed by atoms with Crippen molar-refractivity contribution < 1.29 is 9.59 Å². The van der Waals surface area contributed by atoms with E-state index in [1.165, 1.54) is 0 Å². The number of nitrogens with one attached hydrogen (secondary N) is 1. The van der Waals surface area contributed by atoms with E-state index in [4.69, 9.17) is 11.6 Å². The van der Waals surface area contributed by atoms with Gasteiger partial charge in [-0.3, -0.25) is 9.59 Å². The number of carbonyl (C=O) groups excluding carboxylic acids is 2. The highest BCUT2D eigenvalue weighted by atomic mass is 35.5. The van der Waals surface area contributed by atoms with E-state index < -0.39 is 6.04 Å². The Morgan fingerprint density at radius 1 is 1.00 bits per heavy atom. The lowest BCUT2D eigenvalue weighted by Crippen LogP contribution is -2.41. The highest BCUT2D eigenvalue weighted by Gasteiger charge is 2.29. The lowest BCUT2D eigenvalue weighted by molar-refractivity contribution is -0.132. The maximum Gasteiger partial charge on any atom is 0.252 e. The van der Waals surface area contributed by atoms with Crippen LogP contribution < -0.4 is 5.32 Å². The molecule has 0 radical (unpaired) electrons. The molecule has 4 nitrogen and oxygen atoms in total. The van der Waals surface area contributed by atoms with Crippen molar-refractivity contribution in [2.75, 3.05) is 13.1 Å². The molecule has 0 spiro atoms. The molecule has 1 aliphatic heterocycles. The molecular formula is C19H19ClN2O2. The Labute approximate surface area is 146 Å². The molecule has 2 amide bonds. The van der Waals surface area contributed by atoms with Gasteiger partial charge in [-0.1, -0.05) is 48.0 Å². The van der Waals surface area contributed by atoms with E-state index >= 15 is 0 Å². The SMILES string of the molecule is O=C(N[C@H](C(=O)N1CCCC1)c1ccccc1)c1cccc(Cl)c1. The van der Waals surface area contributed by atoms with Gasteiger partial charge in [0.05, 0.1) is 0 Å². The number of nitrogens with zero attached hydrogens (tertiary/aromatic N) is 1. The molecule has 3 rings (SSSR count). The number of likely N-dealkylation sites (tertiary alicyclic amines) is 1. The first-order valence-electron chi connectivity index (χ1n) is 8.05. The smallest absolute Gasteiger partial charge is 0.252 e. The molecule has 2 aromatic rings. The number of halogens is 1. The third kappa shape index (κ3) is 3.77. The zero-order chi connectivity index (χ0) is 16.9. The van der Waals surface area contributed by atoms with Gasteiger partial charge in [0.25, 0.3) is 5.91 Å². The number of hydrogen-bond donors (Lipinski definition) is 1. The molecule has 1 atom stereocenters. The minimum atomic E-state index is -0.684. The van der Waals surface area contributed by atoms with E-state index in [0.717, 1.165) is 31.5 Å². The second kappa shape index (κ2) is 7.49. The average Bonchev–Trinajstić information content (AvgIpc) is 3.14. The van der Waals surface area contributed by atoms with Crippen LogP contribution >= 0.6 is 11.6 Å². The van der Waals surface area contributed by atoms with Gasteiger partial charge in [-0.15, -0.1) is 0 Å². The van der Waals surface area contributed by atoms with Gasteiger partial charge in [0.2, 0.25) is 5.91 Å². The van der Waals surface area contributed by atoms with Crippen molar-refractivity contribution in [2.24, 2.45) is 0 Å². The van der Waals surface area contributed by atoms with Crippen LogP contribution in [0.1, 0.15) is 34.8 Å². The average molecular weight is 343 g/mol. The Bertz CT molecular complexity index is 727. The Balaban J connectivity index is 1.84. The van der Waals surface area contributed by atoms with Gasteiger partial charge in [-0.25, -0.2) is 0 Å². The number of hydrogen-bond acceptors (Lipinski definition) is 2. The Morgan fingerprint density at radius 3 is 2.38 bits per heavy atom. The van der Waals surface area contributed by atoms with Crippen molar-refractivity contribution in [2.45, 2.75) is 18.9 Å². The van der Waals surface area contributed by atoms with Crippen LogP contribution in [0, 0.1) is 0 Å². The molecule has 0 bridgehead atoms. The predicted octanol–water partition coefficient (Wildman–Crippen LogP) is 3.43. The van der Waals surface area contributed by atoms with Crippen molar-refractivity contribution in [3.8, 4) is 0 Å². The number of carbonyl (C=O) groups is 2. The fraction of sp³-hybridized carbons (Fsp3) is 0.263. The van der Waals surface area contributed by atoms with Crippen LogP contribution in [0.5, 0.6) is 0 Å². The Morgan fingerprint density at radius 2 is 1.71 bits per heavy atom. The number of amides is 2. The molecule has 1 saturated heterocycles. The summed E-state index contributed by atoms with van der Waals surface area (Å²) in [6, 6.07) is 15.4. The van der Waals surface area contributed by atoms with Crippen molar-refractivity contribution in [3.05, 3.63) is 70.7 Å². The van der Waals surface area contributed by atoms with Crippen molar-refractivity contribution in [1.29, 1.82) is 0 Å². The molecule has 0 aromatic heterocycles. The fourth-order valence-electron chi connectivity index (χ4n) is 2.90. The number of benzene rings is 2. The van der Waals surface area contributed by atoms with E-state index in [9.17, 15) is 9.59 Å². The van der Waals surface area contributed by atoms with E-state index in [1.807, 2.05) is 35.2 Å². The van der Waals surface area contributed by atoms with Crippen LogP contribution in [-0.4, -0.2) is 29.8 Å². The van der Waals surface area contributed by atoms with E-state index in [0.29, 0.717) is 10.6 Å². The summed E-state index contributed by atoms with van der Waals surface area (Å²) in [4.78, 5) is 27.2. The molecule has 1 heterocycles. The van der Waals surface area contributed by atoms with Crippen molar-refractivity contribution >= 4 is 23.4 Å². The summed E-state index contributed by atoms with van der Waals surface area (Å²) in [6.07, 6.45) is 2.02. The van der Waals surface area contributed by atoms with E-state index in [2.05, 4.69) is 5.32 Å². The minimum absolute atomic E-state index is 0.0610. The van der Waals surface area contributed by atoms with Gasteiger partial charge < -0.3 is 10.2 Å². The quantitative estimate of drug-likeness (QED) is 0.925. The molecule has 0 unspecified atom stereocenters. The third-order valence-electron chi connectivity index (χ3n) is 4.16. The van der Waals surface area contributed by atoms with Gasteiger partial charge >= 0.3 is 0 Å². The summed E-state index contributed by atoms with van der Waals surface area (Å²) in [7, 11) is 0. The molecular weight excluding hydrogens is 324 g/mol. The predicted molar refractivity (Wildman–Crippen MR) is 93.9 cm³/mol. The standard InChI is InChI=1S/C19H19ClN2O2/c20-16-10-6-9-15(13-16)18(23)21-17(14-7-2-1-3-8-14)19(24)22-11-4-5-12-22/h1-3,6-10,13,17H,4-5,11-12H2,(H,21,23)/t17-/m0/s1. The first-order valence-corrected chi connectivity index (χ1v) is 8.43. The van der Waals surface area contributed by atoms with Crippen LogP contribution in [0.4, 0.5) is 0 Å². The second-order valence-electron chi connectivity index (χ2n) is 5.86. The minimum Gasteiger partial charge on any atom is -0.341 e. The molecule has 1 fully saturated rings. The number of rotatable bonds is 4. The highest BCUT2D eigenvalue weighted by molar-refractivity contribution is 6.31. The highest BCUT2D eigenvalue weighted by Crippen LogP contribution is 2.20. The normalized spacial score (nSPS) is 15.1. The molecule has 24 heavy (non-hydrogen) atoms. The topological polar surface area (TPSA) is 49.4 Å². The first-order chi connectivity index (χ1) is 11.6. The molecule has 5 heteroatoms. The third-order valence-corrected chi connectivity index (χ3v) is 4.39. The summed E-state index contributed by atoms with van der Waals surface area (Å²) in [5.74, 6) is -0.368. The van der Waals surface area contributed by atoms with Gasteiger partial charge in [-0.2, -0.15) is 0 Å². The second-order valence-corrected chi connectivity index (χ2v) is 6.30. The van der Waals surface area contributed by atoms with Gasteiger partial charge in [0.15, 0.2) is 0 Å². The molecule has 1 aliphatic rings. The van der Waals surface area contributed by atoms with Gasteiger partial charge in [0.1, 0.15) is 6.04 Å². The molecule has 124 valence electrons. The fourth-order valence-corrected chi connectivity index (χ4v) is 3.09. The van der Waals surface area contributed by atoms with Crippen LogP contribution in [0.25, 0.3) is 0 Å². The molecule has 0 saturated carbocycles.